The Balaban J connectivity index is 2.20. The Kier molecular flexibility index (Phi) is 3.76. The van der Waals surface area contributed by atoms with E-state index < -0.39 is 0 Å². The number of thiophene rings is 1. The van der Waals surface area contributed by atoms with E-state index in [1.165, 1.54) is 23.7 Å². The van der Waals surface area contributed by atoms with E-state index in [0.29, 0.717) is 4.88 Å². The van der Waals surface area contributed by atoms with E-state index in [1.807, 2.05) is 6.92 Å². The zero-order chi connectivity index (χ0) is 12.4. The number of nitrogens with one attached hydrogen (secondary N) is 1. The second-order valence-electron chi connectivity index (χ2n) is 3.22. The molecule has 1 N–H and O–H groups in total. The molecule has 2 rings (SSSR count). The average molecular weight is 333 g/mol. The highest BCUT2D eigenvalue weighted by Gasteiger charge is 2.13. The lowest BCUT2D eigenvalue weighted by Gasteiger charge is -2.02. The summed E-state index contributed by atoms with van der Waals surface area (Å²) in [5.74, 6) is 0.0209. The van der Waals surface area contributed by atoms with Gasteiger partial charge in [0.1, 0.15) is 0 Å². The van der Waals surface area contributed by atoms with E-state index in [1.54, 1.807) is 6.07 Å². The van der Waals surface area contributed by atoms with E-state index in [9.17, 15) is 4.79 Å². The maximum atomic E-state index is 11.9. The van der Waals surface area contributed by atoms with Crippen LogP contribution in [0.25, 0.3) is 0 Å². The van der Waals surface area contributed by atoms with Crippen LogP contribution < -0.4 is 5.32 Å². The SMILES string of the molecule is Cc1cc(C(=O)Nc2nccnc2Cl)sc1Br. The third-order valence-corrected chi connectivity index (χ3v) is 4.38. The summed E-state index contributed by atoms with van der Waals surface area (Å²) in [4.78, 5) is 20.2. The molecule has 88 valence electrons. The summed E-state index contributed by atoms with van der Waals surface area (Å²) in [7, 11) is 0. The molecule has 17 heavy (non-hydrogen) atoms. The first-order chi connectivity index (χ1) is 8.08. The number of nitrogens with zero attached hydrogens (tertiary/aromatic N) is 2. The first-order valence-corrected chi connectivity index (χ1v) is 6.60. The van der Waals surface area contributed by atoms with Crippen LogP contribution in [-0.2, 0) is 0 Å². The molecular weight excluding hydrogens is 326 g/mol. The van der Waals surface area contributed by atoms with Gasteiger partial charge in [-0.2, -0.15) is 0 Å². The zero-order valence-electron chi connectivity index (χ0n) is 8.70. The first kappa shape index (κ1) is 12.5. The summed E-state index contributed by atoms with van der Waals surface area (Å²) >= 11 is 10.5. The Bertz CT molecular complexity index is 553. The fourth-order valence-electron chi connectivity index (χ4n) is 1.15. The molecule has 2 aromatic rings. The van der Waals surface area contributed by atoms with Crippen LogP contribution >= 0.6 is 38.9 Å². The number of hydrogen-bond acceptors (Lipinski definition) is 4. The number of rotatable bonds is 2. The minimum absolute atomic E-state index is 0.174. The number of carbonyl (C=O) groups is 1. The maximum Gasteiger partial charge on any atom is 0.267 e. The van der Waals surface area contributed by atoms with Crippen LogP contribution in [-0.4, -0.2) is 15.9 Å². The van der Waals surface area contributed by atoms with Crippen LogP contribution in [0.15, 0.2) is 22.2 Å². The van der Waals surface area contributed by atoms with Crippen molar-refractivity contribution in [3.63, 3.8) is 0 Å². The normalized spacial score (nSPS) is 10.3. The topological polar surface area (TPSA) is 54.9 Å². The minimum atomic E-state index is -0.244. The van der Waals surface area contributed by atoms with Gasteiger partial charge < -0.3 is 5.32 Å². The molecule has 0 unspecified atom stereocenters. The van der Waals surface area contributed by atoms with Gasteiger partial charge in [0.15, 0.2) is 11.0 Å². The third-order valence-electron chi connectivity index (χ3n) is 1.97. The van der Waals surface area contributed by atoms with Gasteiger partial charge in [-0.1, -0.05) is 11.6 Å². The molecule has 0 bridgehead atoms. The van der Waals surface area contributed by atoms with Gasteiger partial charge >= 0.3 is 0 Å². The van der Waals surface area contributed by atoms with Gasteiger partial charge in [-0.15, -0.1) is 11.3 Å². The van der Waals surface area contributed by atoms with E-state index in [0.717, 1.165) is 9.35 Å². The molecule has 0 fully saturated rings. The standard InChI is InChI=1S/C10H7BrClN3OS/c1-5-4-6(17-7(5)11)10(16)15-9-8(12)13-2-3-14-9/h2-4H,1H3,(H,14,15,16). The highest BCUT2D eigenvalue weighted by atomic mass is 79.9. The van der Waals surface area contributed by atoms with Gasteiger partial charge in [-0.3, -0.25) is 4.79 Å². The minimum Gasteiger partial charge on any atom is -0.303 e. The van der Waals surface area contributed by atoms with Gasteiger partial charge in [0, 0.05) is 12.4 Å². The second kappa shape index (κ2) is 5.12. The van der Waals surface area contributed by atoms with Crippen molar-refractivity contribution in [2.24, 2.45) is 0 Å². The molecule has 0 atom stereocenters. The van der Waals surface area contributed by atoms with Gasteiger partial charge in [0.2, 0.25) is 0 Å². The number of amides is 1. The number of aromatic nitrogens is 2. The Morgan fingerprint density at radius 3 is 2.76 bits per heavy atom. The molecule has 0 saturated heterocycles. The molecule has 7 heteroatoms. The fourth-order valence-corrected chi connectivity index (χ4v) is 2.73. The third kappa shape index (κ3) is 2.83. The Hall–Kier alpha value is -0.980. The first-order valence-electron chi connectivity index (χ1n) is 4.61. The van der Waals surface area contributed by atoms with E-state index in [4.69, 9.17) is 11.6 Å². The largest absolute Gasteiger partial charge is 0.303 e. The fraction of sp³-hybridized carbons (Fsp3) is 0.100. The number of anilines is 1. The van der Waals surface area contributed by atoms with Crippen molar-refractivity contribution in [1.82, 2.24) is 9.97 Å². The molecule has 0 radical (unpaired) electrons. The molecule has 1 amide bonds. The van der Waals surface area contributed by atoms with Crippen molar-refractivity contribution in [3.8, 4) is 0 Å². The highest BCUT2D eigenvalue weighted by Crippen LogP contribution is 2.28. The van der Waals surface area contributed by atoms with Crippen molar-refractivity contribution in [2.75, 3.05) is 5.32 Å². The van der Waals surface area contributed by atoms with Crippen molar-refractivity contribution >= 4 is 50.6 Å². The summed E-state index contributed by atoms with van der Waals surface area (Å²) in [5, 5.41) is 2.79. The molecule has 0 aliphatic heterocycles. The molecule has 2 heterocycles. The Morgan fingerprint density at radius 2 is 2.18 bits per heavy atom. The van der Waals surface area contributed by atoms with Gasteiger partial charge in [0.25, 0.3) is 5.91 Å². The highest BCUT2D eigenvalue weighted by molar-refractivity contribution is 9.11. The summed E-state index contributed by atoms with van der Waals surface area (Å²) in [5.41, 5.74) is 1.02. The van der Waals surface area contributed by atoms with Crippen LogP contribution in [0.3, 0.4) is 0 Å². The number of carbonyl (C=O) groups excluding carboxylic acids is 1. The lowest BCUT2D eigenvalue weighted by atomic mass is 10.3. The monoisotopic (exact) mass is 331 g/mol. The summed E-state index contributed by atoms with van der Waals surface area (Å²) < 4.78 is 0.938. The molecule has 2 aromatic heterocycles. The predicted octanol–water partition coefficient (Wildman–Crippen LogP) is 3.51. The number of hydrogen-bond donors (Lipinski definition) is 1. The lowest BCUT2D eigenvalue weighted by molar-refractivity contribution is 0.103. The summed E-state index contributed by atoms with van der Waals surface area (Å²) in [6.07, 6.45) is 2.93. The van der Waals surface area contributed by atoms with Crippen LogP contribution in [0.5, 0.6) is 0 Å². The maximum absolute atomic E-state index is 11.9. The molecule has 0 aliphatic carbocycles. The van der Waals surface area contributed by atoms with Crippen LogP contribution in [0.2, 0.25) is 5.15 Å². The second-order valence-corrected chi connectivity index (χ2v) is 5.95. The van der Waals surface area contributed by atoms with Gasteiger partial charge in [-0.05, 0) is 34.5 Å². The van der Waals surface area contributed by atoms with E-state index in [2.05, 4.69) is 31.2 Å². The van der Waals surface area contributed by atoms with Crippen molar-refractivity contribution in [3.05, 3.63) is 37.8 Å². The molecule has 0 aliphatic rings. The number of aryl methyl sites for hydroxylation is 1. The summed E-state index contributed by atoms with van der Waals surface area (Å²) in [6.45, 7) is 1.92. The molecule has 4 nitrogen and oxygen atoms in total. The quantitative estimate of drug-likeness (QED) is 0.915. The zero-order valence-corrected chi connectivity index (χ0v) is 11.9. The van der Waals surface area contributed by atoms with Crippen molar-refractivity contribution in [2.45, 2.75) is 6.92 Å². The average Bonchev–Trinajstić information content (AvgIpc) is 2.63. The Labute approximate surface area is 115 Å². The van der Waals surface area contributed by atoms with Gasteiger partial charge in [0.05, 0.1) is 8.66 Å². The molecule has 0 spiro atoms. The van der Waals surface area contributed by atoms with Crippen LogP contribution in [0, 0.1) is 6.92 Å². The van der Waals surface area contributed by atoms with Crippen molar-refractivity contribution < 1.29 is 4.79 Å². The van der Waals surface area contributed by atoms with Crippen molar-refractivity contribution in [1.29, 1.82) is 0 Å². The predicted molar refractivity (Wildman–Crippen MR) is 71.8 cm³/mol. The smallest absolute Gasteiger partial charge is 0.267 e. The molecule has 0 saturated carbocycles. The van der Waals surface area contributed by atoms with Crippen LogP contribution in [0.4, 0.5) is 5.82 Å². The van der Waals surface area contributed by atoms with E-state index in [-0.39, 0.29) is 16.9 Å². The molecular formula is C10H7BrClN3OS. The van der Waals surface area contributed by atoms with Crippen LogP contribution in [0.1, 0.15) is 15.2 Å². The van der Waals surface area contributed by atoms with Gasteiger partial charge in [-0.25, -0.2) is 9.97 Å². The number of halogens is 2. The lowest BCUT2D eigenvalue weighted by Crippen LogP contribution is -2.12. The summed E-state index contributed by atoms with van der Waals surface area (Å²) in [6, 6.07) is 1.80. The van der Waals surface area contributed by atoms with E-state index >= 15 is 0 Å². The Morgan fingerprint density at radius 1 is 1.47 bits per heavy atom. The molecule has 0 aromatic carbocycles.